The molecule has 258 valence electrons. The van der Waals surface area contributed by atoms with Crippen molar-refractivity contribution in [3.05, 3.63) is 145 Å². The summed E-state index contributed by atoms with van der Waals surface area (Å²) in [6.45, 7) is 4.97. The lowest BCUT2D eigenvalue weighted by molar-refractivity contribution is -0.688. The molecule has 0 fully saturated rings. The molecule has 3 aromatic carbocycles. The fraction of sp³-hybridized carbons (Fsp3) is 0.263. The van der Waals surface area contributed by atoms with E-state index in [1.165, 1.54) is 0 Å². The summed E-state index contributed by atoms with van der Waals surface area (Å²) >= 11 is 0. The summed E-state index contributed by atoms with van der Waals surface area (Å²) in [7, 11) is 0. The smallest absolute Gasteiger partial charge is 0.408 e. The van der Waals surface area contributed by atoms with Gasteiger partial charge >= 0.3 is 12.2 Å². The van der Waals surface area contributed by atoms with E-state index >= 15 is 0 Å². The molecular formula is C38H42N6O6+2. The predicted molar refractivity (Wildman–Crippen MR) is 182 cm³/mol. The highest BCUT2D eigenvalue weighted by molar-refractivity contribution is 5.87. The first-order valence-corrected chi connectivity index (χ1v) is 16.4. The number of ketones is 2. The van der Waals surface area contributed by atoms with Crippen molar-refractivity contribution in [2.45, 2.75) is 65.3 Å². The fourth-order valence-electron chi connectivity index (χ4n) is 5.18. The molecule has 12 heteroatoms. The number of amides is 2. The van der Waals surface area contributed by atoms with Crippen LogP contribution in [0.5, 0.6) is 0 Å². The number of carbonyl (C=O) groups excluding carboxylic acids is 4. The number of nitrogens with one attached hydrogen (secondary N) is 2. The molecule has 12 nitrogen and oxygen atoms in total. The van der Waals surface area contributed by atoms with Crippen molar-refractivity contribution >= 4 is 23.8 Å². The maximum absolute atomic E-state index is 12.8. The highest BCUT2D eigenvalue weighted by Gasteiger charge is 2.21. The molecule has 0 saturated heterocycles. The van der Waals surface area contributed by atoms with Gasteiger partial charge in [0.15, 0.2) is 24.7 Å². The van der Waals surface area contributed by atoms with Gasteiger partial charge in [0.2, 0.25) is 12.7 Å². The van der Waals surface area contributed by atoms with E-state index in [1.807, 2.05) is 125 Å². The first-order valence-electron chi connectivity index (χ1n) is 16.4. The van der Waals surface area contributed by atoms with Gasteiger partial charge in [-0.05, 0) is 42.2 Å². The van der Waals surface area contributed by atoms with Gasteiger partial charge in [0, 0.05) is 0 Å². The highest BCUT2D eigenvalue weighted by atomic mass is 16.6. The van der Waals surface area contributed by atoms with Crippen molar-refractivity contribution in [2.75, 3.05) is 0 Å². The number of hydrogen-bond acceptors (Lipinski definition) is 6. The number of hydrogen-bond donors (Lipinski definition) is 2. The summed E-state index contributed by atoms with van der Waals surface area (Å²) in [5, 5.41) is 5.21. The quantitative estimate of drug-likeness (QED) is 0.153. The number of ether oxygens (including phenoxy) is 2. The third-order valence-electron chi connectivity index (χ3n) is 7.95. The van der Waals surface area contributed by atoms with Crippen LogP contribution in [0.15, 0.2) is 122 Å². The highest BCUT2D eigenvalue weighted by Crippen LogP contribution is 2.07. The minimum absolute atomic E-state index is 0.108. The molecule has 2 heterocycles. The van der Waals surface area contributed by atoms with Crippen molar-refractivity contribution in [3.8, 4) is 0 Å². The van der Waals surface area contributed by atoms with E-state index in [2.05, 4.69) is 16.7 Å². The topological polar surface area (TPSA) is 128 Å². The zero-order valence-corrected chi connectivity index (χ0v) is 28.2. The average Bonchev–Trinajstić information content (AvgIpc) is 3.75. The molecule has 2 aromatic heterocycles. The fourth-order valence-corrected chi connectivity index (χ4v) is 5.18. The number of Topliss-reactive ketones (excluding diaryl/α,β-unsaturated/α-hetero) is 2. The van der Waals surface area contributed by atoms with E-state index in [-0.39, 0.29) is 37.9 Å². The van der Waals surface area contributed by atoms with Gasteiger partial charge in [0.25, 0.3) is 0 Å². The number of benzene rings is 3. The van der Waals surface area contributed by atoms with Crippen LogP contribution in [0, 0.1) is 0 Å². The van der Waals surface area contributed by atoms with Crippen LogP contribution >= 0.6 is 0 Å². The van der Waals surface area contributed by atoms with Gasteiger partial charge in [0.1, 0.15) is 51.1 Å². The molecular weight excluding hydrogens is 636 g/mol. The SMILES string of the molecule is C[C@H](NC(=O)OCc1ccccc1)C(=O)Cn1cc[n+](Cc2cccc(C[n+]3ccn(CC(=O)[C@H](C)NC(=O)OCc4ccccc4)c3)c2)c1. The van der Waals surface area contributed by atoms with Crippen molar-refractivity contribution in [3.63, 3.8) is 0 Å². The van der Waals surface area contributed by atoms with E-state index in [1.54, 1.807) is 23.0 Å². The number of rotatable bonds is 16. The van der Waals surface area contributed by atoms with Crippen molar-refractivity contribution in [2.24, 2.45) is 0 Å². The Bertz CT molecular complexity index is 1750. The van der Waals surface area contributed by atoms with Crippen LogP contribution in [0.4, 0.5) is 9.59 Å². The maximum Gasteiger partial charge on any atom is 0.408 e. The predicted octanol–water partition coefficient (Wildman–Crippen LogP) is 3.73. The van der Waals surface area contributed by atoms with Crippen LogP contribution < -0.4 is 19.8 Å². The van der Waals surface area contributed by atoms with Crippen LogP contribution in [0.3, 0.4) is 0 Å². The Balaban J connectivity index is 1.05. The molecule has 0 radical (unpaired) electrons. The molecule has 0 unspecified atom stereocenters. The molecule has 0 bridgehead atoms. The lowest BCUT2D eigenvalue weighted by Gasteiger charge is -2.12. The average molecular weight is 679 g/mol. The Morgan fingerprint density at radius 3 is 1.42 bits per heavy atom. The molecule has 5 rings (SSSR count). The summed E-state index contributed by atoms with van der Waals surface area (Å²) in [6.07, 6.45) is 9.89. The third kappa shape index (κ3) is 11.0. The van der Waals surface area contributed by atoms with Gasteiger partial charge in [-0.3, -0.25) is 9.59 Å². The van der Waals surface area contributed by atoms with Gasteiger partial charge < -0.3 is 20.1 Å². The minimum atomic E-state index is -0.703. The summed E-state index contributed by atoms with van der Waals surface area (Å²) in [4.78, 5) is 49.9. The molecule has 2 amide bonds. The summed E-state index contributed by atoms with van der Waals surface area (Å²) < 4.78 is 18.0. The van der Waals surface area contributed by atoms with Crippen LogP contribution in [0.2, 0.25) is 0 Å². The first-order chi connectivity index (χ1) is 24.2. The van der Waals surface area contributed by atoms with E-state index in [0.717, 1.165) is 22.3 Å². The number of nitrogens with zero attached hydrogens (tertiary/aromatic N) is 4. The van der Waals surface area contributed by atoms with Crippen LogP contribution in [0.25, 0.3) is 0 Å². The molecule has 0 saturated carbocycles. The Kier molecular flexibility index (Phi) is 12.3. The van der Waals surface area contributed by atoms with Crippen molar-refractivity contribution in [1.82, 2.24) is 19.8 Å². The van der Waals surface area contributed by atoms with Gasteiger partial charge in [-0.1, -0.05) is 78.9 Å². The van der Waals surface area contributed by atoms with Gasteiger partial charge in [-0.25, -0.2) is 27.9 Å². The second-order valence-electron chi connectivity index (χ2n) is 12.1. The summed E-state index contributed by atoms with van der Waals surface area (Å²) in [5.41, 5.74) is 3.90. The lowest BCUT2D eigenvalue weighted by Crippen LogP contribution is -2.40. The second-order valence-corrected chi connectivity index (χ2v) is 12.1. The molecule has 50 heavy (non-hydrogen) atoms. The van der Waals surface area contributed by atoms with Crippen LogP contribution in [-0.4, -0.2) is 45.0 Å². The normalized spacial score (nSPS) is 12.0. The Hall–Kier alpha value is -6.04. The number of imidazole rings is 2. The molecule has 0 spiro atoms. The molecule has 5 aromatic rings. The Labute approximate surface area is 290 Å². The third-order valence-corrected chi connectivity index (χ3v) is 7.95. The van der Waals surface area contributed by atoms with E-state index < -0.39 is 24.3 Å². The van der Waals surface area contributed by atoms with E-state index in [0.29, 0.717) is 13.1 Å². The molecule has 0 aliphatic rings. The van der Waals surface area contributed by atoms with Crippen molar-refractivity contribution in [1.29, 1.82) is 0 Å². The summed E-state index contributed by atoms with van der Waals surface area (Å²) in [6, 6.07) is 25.5. The van der Waals surface area contributed by atoms with Crippen LogP contribution in [-0.2, 0) is 58.5 Å². The number of aromatic nitrogens is 4. The minimum Gasteiger partial charge on any atom is -0.445 e. The van der Waals surface area contributed by atoms with Crippen molar-refractivity contribution < 1.29 is 37.8 Å². The van der Waals surface area contributed by atoms with Gasteiger partial charge in [-0.2, -0.15) is 0 Å². The van der Waals surface area contributed by atoms with E-state index in [9.17, 15) is 19.2 Å². The molecule has 0 aliphatic heterocycles. The van der Waals surface area contributed by atoms with Crippen LogP contribution in [0.1, 0.15) is 36.1 Å². The van der Waals surface area contributed by atoms with Gasteiger partial charge in [0.05, 0.1) is 12.1 Å². The molecule has 2 atom stereocenters. The zero-order valence-electron chi connectivity index (χ0n) is 28.2. The number of carbonyl (C=O) groups is 4. The monoisotopic (exact) mass is 678 g/mol. The molecule has 0 aliphatic carbocycles. The van der Waals surface area contributed by atoms with E-state index in [4.69, 9.17) is 9.47 Å². The Morgan fingerprint density at radius 2 is 1.00 bits per heavy atom. The summed E-state index contributed by atoms with van der Waals surface area (Å²) in [5.74, 6) is -0.298. The largest absolute Gasteiger partial charge is 0.445 e. The Morgan fingerprint density at radius 1 is 0.600 bits per heavy atom. The standard InChI is InChI=1S/C38H40N6O6/c1-29(39-37(47)49-25-31-10-5-3-6-11-31)35(45)23-43-18-16-41(27-43)21-33-14-9-15-34(20-33)22-42-17-19-44(28-42)24-36(46)30(2)40-38(48)50-26-32-12-7-4-8-13-32/h3-20,27-30H,21-26H2,1-2H3/p+2/t29-,30-/m0/s1. The zero-order chi connectivity index (χ0) is 35.3. The first kappa shape index (κ1) is 35.3. The molecule has 2 N–H and O–H groups in total. The second kappa shape index (κ2) is 17.4. The number of alkyl carbamates (subject to hydrolysis) is 2. The maximum atomic E-state index is 12.8. The van der Waals surface area contributed by atoms with Gasteiger partial charge in [-0.15, -0.1) is 0 Å². The lowest BCUT2D eigenvalue weighted by atomic mass is 10.1.